The fraction of sp³-hybridized carbons (Fsp3) is 0.133. The van der Waals surface area contributed by atoms with Crippen molar-refractivity contribution in [1.82, 2.24) is 5.32 Å². The molecule has 3 nitrogen and oxygen atoms in total. The third-order valence-corrected chi connectivity index (χ3v) is 3.81. The van der Waals surface area contributed by atoms with E-state index in [1.807, 2.05) is 0 Å². The van der Waals surface area contributed by atoms with Gasteiger partial charge in [0.25, 0.3) is 0 Å². The Kier molecular flexibility index (Phi) is 8.22. The van der Waals surface area contributed by atoms with Crippen LogP contribution in [0, 0.1) is 11.6 Å². The van der Waals surface area contributed by atoms with Gasteiger partial charge in [-0.3, -0.25) is 4.79 Å². The van der Waals surface area contributed by atoms with Crippen LogP contribution in [0.2, 0.25) is 0 Å². The minimum atomic E-state index is -0.301. The SMILES string of the molecule is NCc1ccc(F)c(Br)c1.O=CNCc1ccc(F)c(Br)c1. The molecule has 0 aliphatic rings. The Morgan fingerprint density at radius 3 is 1.95 bits per heavy atom. The number of benzene rings is 2. The van der Waals surface area contributed by atoms with E-state index in [1.165, 1.54) is 12.1 Å². The molecule has 0 radical (unpaired) electrons. The van der Waals surface area contributed by atoms with E-state index in [4.69, 9.17) is 5.73 Å². The van der Waals surface area contributed by atoms with Crippen LogP contribution in [-0.2, 0) is 17.9 Å². The second kappa shape index (κ2) is 9.66. The standard InChI is InChI=1S/C8H7BrFNO.C7H7BrFN/c9-7-3-6(4-11-5-12)1-2-8(7)10;8-6-3-5(4-10)1-2-7(6)9/h1-3,5H,4H2,(H,11,12);1-3H,4,10H2. The number of rotatable bonds is 4. The molecule has 1 amide bonds. The number of nitrogens with two attached hydrogens (primary N) is 1. The summed E-state index contributed by atoms with van der Waals surface area (Å²) >= 11 is 6.10. The van der Waals surface area contributed by atoms with Crippen LogP contribution in [-0.4, -0.2) is 6.41 Å². The van der Waals surface area contributed by atoms with E-state index in [0.717, 1.165) is 11.1 Å². The topological polar surface area (TPSA) is 55.1 Å². The van der Waals surface area contributed by atoms with E-state index in [1.54, 1.807) is 24.3 Å². The van der Waals surface area contributed by atoms with Gasteiger partial charge in [-0.25, -0.2) is 8.78 Å². The largest absolute Gasteiger partial charge is 0.355 e. The maximum absolute atomic E-state index is 12.7. The molecule has 0 aromatic heterocycles. The molecule has 0 fully saturated rings. The summed E-state index contributed by atoms with van der Waals surface area (Å²) in [6, 6.07) is 9.34. The first-order valence-corrected chi connectivity index (χ1v) is 7.81. The fourth-order valence-corrected chi connectivity index (χ4v) is 2.33. The highest BCUT2D eigenvalue weighted by Crippen LogP contribution is 2.17. The van der Waals surface area contributed by atoms with Gasteiger partial charge in [-0.1, -0.05) is 12.1 Å². The number of hydrogen-bond acceptors (Lipinski definition) is 2. The van der Waals surface area contributed by atoms with Crippen molar-refractivity contribution in [1.29, 1.82) is 0 Å². The van der Waals surface area contributed by atoms with Crippen LogP contribution in [0.25, 0.3) is 0 Å². The molecule has 0 unspecified atom stereocenters. The maximum Gasteiger partial charge on any atom is 0.207 e. The molecule has 0 saturated carbocycles. The zero-order valence-corrected chi connectivity index (χ0v) is 14.6. The number of halogens is 4. The molecule has 0 spiro atoms. The van der Waals surface area contributed by atoms with E-state index in [0.29, 0.717) is 28.4 Å². The number of carbonyl (C=O) groups is 1. The Bertz CT molecular complexity index is 639. The van der Waals surface area contributed by atoms with Gasteiger partial charge in [0.1, 0.15) is 11.6 Å². The molecule has 118 valence electrons. The molecule has 2 aromatic rings. The smallest absolute Gasteiger partial charge is 0.207 e. The summed E-state index contributed by atoms with van der Waals surface area (Å²) in [5.74, 6) is -0.554. The van der Waals surface area contributed by atoms with Gasteiger partial charge in [-0.15, -0.1) is 0 Å². The van der Waals surface area contributed by atoms with Gasteiger partial charge in [0.05, 0.1) is 8.95 Å². The van der Waals surface area contributed by atoms with Gasteiger partial charge >= 0.3 is 0 Å². The predicted octanol–water partition coefficient (Wildman–Crippen LogP) is 3.88. The van der Waals surface area contributed by atoms with Gasteiger partial charge in [0, 0.05) is 13.1 Å². The van der Waals surface area contributed by atoms with Gasteiger partial charge in [-0.2, -0.15) is 0 Å². The van der Waals surface area contributed by atoms with Crippen LogP contribution in [0.5, 0.6) is 0 Å². The van der Waals surface area contributed by atoms with Gasteiger partial charge in [0.2, 0.25) is 6.41 Å². The van der Waals surface area contributed by atoms with Crippen molar-refractivity contribution in [3.63, 3.8) is 0 Å². The Hall–Kier alpha value is -1.31. The summed E-state index contributed by atoms with van der Waals surface area (Å²) < 4.78 is 26.1. The highest BCUT2D eigenvalue weighted by Gasteiger charge is 1.99. The van der Waals surface area contributed by atoms with Crippen LogP contribution < -0.4 is 11.1 Å². The zero-order chi connectivity index (χ0) is 16.5. The first kappa shape index (κ1) is 18.7. The average molecular weight is 436 g/mol. The molecule has 0 heterocycles. The van der Waals surface area contributed by atoms with Gasteiger partial charge in [0.15, 0.2) is 0 Å². The van der Waals surface area contributed by atoms with E-state index in [2.05, 4.69) is 37.2 Å². The average Bonchev–Trinajstić information content (AvgIpc) is 2.52. The first-order valence-electron chi connectivity index (χ1n) is 6.23. The lowest BCUT2D eigenvalue weighted by molar-refractivity contribution is -0.109. The van der Waals surface area contributed by atoms with Crippen LogP contribution >= 0.6 is 31.9 Å². The number of carbonyl (C=O) groups excluding carboxylic acids is 1. The molecule has 2 aromatic carbocycles. The van der Waals surface area contributed by atoms with Crippen molar-refractivity contribution in [2.24, 2.45) is 5.73 Å². The first-order chi connectivity index (χ1) is 10.5. The van der Waals surface area contributed by atoms with Crippen LogP contribution in [0.1, 0.15) is 11.1 Å². The van der Waals surface area contributed by atoms with E-state index < -0.39 is 0 Å². The Labute approximate surface area is 144 Å². The highest BCUT2D eigenvalue weighted by atomic mass is 79.9. The van der Waals surface area contributed by atoms with Crippen molar-refractivity contribution in [2.75, 3.05) is 0 Å². The van der Waals surface area contributed by atoms with Crippen molar-refractivity contribution in [3.8, 4) is 0 Å². The van der Waals surface area contributed by atoms with Crippen molar-refractivity contribution < 1.29 is 13.6 Å². The summed E-state index contributed by atoms with van der Waals surface area (Å²) in [4.78, 5) is 9.93. The summed E-state index contributed by atoms with van der Waals surface area (Å²) in [7, 11) is 0. The molecule has 3 N–H and O–H groups in total. The van der Waals surface area contributed by atoms with Crippen LogP contribution in [0.4, 0.5) is 8.78 Å². The predicted molar refractivity (Wildman–Crippen MR) is 89.0 cm³/mol. The molecule has 0 bridgehead atoms. The normalized spacial score (nSPS) is 9.68. The maximum atomic E-state index is 12.7. The fourth-order valence-electron chi connectivity index (χ4n) is 1.48. The number of hydrogen-bond donors (Lipinski definition) is 2. The molecule has 0 atom stereocenters. The van der Waals surface area contributed by atoms with Crippen molar-refractivity contribution in [2.45, 2.75) is 13.1 Å². The van der Waals surface area contributed by atoms with E-state index in [9.17, 15) is 13.6 Å². The third kappa shape index (κ3) is 6.21. The number of nitrogens with one attached hydrogen (secondary N) is 1. The molecule has 0 aliphatic heterocycles. The summed E-state index contributed by atoms with van der Waals surface area (Å²) in [6.45, 7) is 0.862. The Morgan fingerprint density at radius 2 is 1.50 bits per heavy atom. The second-order valence-corrected chi connectivity index (χ2v) is 5.91. The lowest BCUT2D eigenvalue weighted by atomic mass is 10.2. The molecule has 0 saturated heterocycles. The summed E-state index contributed by atoms with van der Waals surface area (Å²) in [6.07, 6.45) is 0.608. The molecular weight excluding hydrogens is 422 g/mol. The molecule has 22 heavy (non-hydrogen) atoms. The minimum absolute atomic E-state index is 0.253. The minimum Gasteiger partial charge on any atom is -0.355 e. The number of amides is 1. The molecule has 0 aliphatic carbocycles. The Morgan fingerprint density at radius 1 is 1.00 bits per heavy atom. The van der Waals surface area contributed by atoms with E-state index >= 15 is 0 Å². The zero-order valence-electron chi connectivity index (χ0n) is 11.5. The molecular formula is C15H14Br2F2N2O. The quantitative estimate of drug-likeness (QED) is 0.716. The summed E-state index contributed by atoms with van der Waals surface area (Å²) in [5.41, 5.74) is 7.11. The van der Waals surface area contributed by atoms with E-state index in [-0.39, 0.29) is 11.6 Å². The second-order valence-electron chi connectivity index (χ2n) is 4.20. The van der Waals surface area contributed by atoms with Gasteiger partial charge < -0.3 is 11.1 Å². The molecule has 2 rings (SSSR count). The highest BCUT2D eigenvalue weighted by molar-refractivity contribution is 9.10. The van der Waals surface area contributed by atoms with Crippen molar-refractivity contribution in [3.05, 3.63) is 68.1 Å². The van der Waals surface area contributed by atoms with Crippen LogP contribution in [0.3, 0.4) is 0 Å². The monoisotopic (exact) mass is 434 g/mol. The lowest BCUT2D eigenvalue weighted by Gasteiger charge is -2.00. The molecule has 7 heteroatoms. The summed E-state index contributed by atoms with van der Waals surface area (Å²) in [5, 5.41) is 2.49. The van der Waals surface area contributed by atoms with Crippen molar-refractivity contribution >= 4 is 38.3 Å². The Balaban J connectivity index is 0.000000224. The lowest BCUT2D eigenvalue weighted by Crippen LogP contribution is -2.09. The third-order valence-electron chi connectivity index (χ3n) is 2.59. The van der Waals surface area contributed by atoms with Gasteiger partial charge in [-0.05, 0) is 67.3 Å². The van der Waals surface area contributed by atoms with Crippen LogP contribution in [0.15, 0.2) is 45.3 Å².